The molecule has 0 spiro atoms. The molecule has 0 amide bonds. The van der Waals surface area contributed by atoms with Crippen molar-refractivity contribution in [1.82, 2.24) is 4.98 Å². The van der Waals surface area contributed by atoms with Gasteiger partial charge in [-0.3, -0.25) is 4.79 Å². The Hall–Kier alpha value is -1.52. The molecule has 13 heavy (non-hydrogen) atoms. The molecule has 0 atom stereocenters. The van der Waals surface area contributed by atoms with Crippen LogP contribution in [-0.4, -0.2) is 11.3 Å². The van der Waals surface area contributed by atoms with E-state index in [0.29, 0.717) is 11.8 Å². The summed E-state index contributed by atoms with van der Waals surface area (Å²) in [5, 5.41) is 0. The Labute approximate surface area is 73.6 Å². The monoisotopic (exact) mass is 186 g/mol. The van der Waals surface area contributed by atoms with Gasteiger partial charge < -0.3 is 5.73 Å². The van der Waals surface area contributed by atoms with Gasteiger partial charge in [0.25, 0.3) is 6.43 Å². The summed E-state index contributed by atoms with van der Waals surface area (Å²) < 4.78 is 24.8. The smallest absolute Gasteiger partial charge is 0.268 e. The Balaban J connectivity index is 3.43. The number of hydrogen-bond donors (Lipinski definition) is 1. The fraction of sp³-hybridized carbons (Fsp3) is 0.250. The van der Waals surface area contributed by atoms with Crippen LogP contribution in [0, 0.1) is 6.92 Å². The SMILES string of the molecule is Cc1cnc(N)c(C(F)F)c1C=O. The number of nitrogens with two attached hydrogens (primary N) is 1. The van der Waals surface area contributed by atoms with Gasteiger partial charge in [0.05, 0.1) is 5.56 Å². The third kappa shape index (κ3) is 1.63. The Morgan fingerprint density at radius 1 is 1.62 bits per heavy atom. The lowest BCUT2D eigenvalue weighted by Crippen LogP contribution is -2.04. The summed E-state index contributed by atoms with van der Waals surface area (Å²) in [5.74, 6) is -0.289. The van der Waals surface area contributed by atoms with Crippen molar-refractivity contribution in [3.8, 4) is 0 Å². The average molecular weight is 186 g/mol. The molecule has 0 aliphatic rings. The van der Waals surface area contributed by atoms with Crippen LogP contribution < -0.4 is 5.73 Å². The number of anilines is 1. The Morgan fingerprint density at radius 3 is 2.62 bits per heavy atom. The topological polar surface area (TPSA) is 56.0 Å². The highest BCUT2D eigenvalue weighted by atomic mass is 19.3. The molecule has 5 heteroatoms. The number of carbonyl (C=O) groups excluding carboxylic acids is 1. The fourth-order valence-corrected chi connectivity index (χ4v) is 1.04. The molecule has 1 rings (SSSR count). The summed E-state index contributed by atoms with van der Waals surface area (Å²) in [7, 11) is 0. The van der Waals surface area contributed by atoms with E-state index in [-0.39, 0.29) is 11.4 Å². The molecular formula is C8H8F2N2O. The van der Waals surface area contributed by atoms with E-state index in [1.807, 2.05) is 0 Å². The quantitative estimate of drug-likeness (QED) is 0.715. The molecular weight excluding hydrogens is 178 g/mol. The number of aryl methyl sites for hydroxylation is 1. The summed E-state index contributed by atoms with van der Waals surface area (Å²) in [6.45, 7) is 1.53. The summed E-state index contributed by atoms with van der Waals surface area (Å²) in [5.41, 5.74) is 5.08. The zero-order valence-electron chi connectivity index (χ0n) is 6.92. The van der Waals surface area contributed by atoms with Crippen LogP contribution in [0.4, 0.5) is 14.6 Å². The van der Waals surface area contributed by atoms with Crippen LogP contribution in [0.1, 0.15) is 27.9 Å². The van der Waals surface area contributed by atoms with E-state index in [2.05, 4.69) is 4.98 Å². The molecule has 2 N–H and O–H groups in total. The first-order valence-electron chi connectivity index (χ1n) is 3.56. The predicted octanol–water partition coefficient (Wildman–Crippen LogP) is 1.72. The summed E-state index contributed by atoms with van der Waals surface area (Å²) in [6, 6.07) is 0. The van der Waals surface area contributed by atoms with Gasteiger partial charge in [0.2, 0.25) is 0 Å². The van der Waals surface area contributed by atoms with Crippen molar-refractivity contribution in [2.45, 2.75) is 13.3 Å². The van der Waals surface area contributed by atoms with Gasteiger partial charge in [-0.2, -0.15) is 0 Å². The normalized spacial score (nSPS) is 10.5. The van der Waals surface area contributed by atoms with Gasteiger partial charge in [-0.25, -0.2) is 13.8 Å². The van der Waals surface area contributed by atoms with Crippen molar-refractivity contribution in [1.29, 1.82) is 0 Å². The zero-order valence-corrected chi connectivity index (χ0v) is 6.92. The van der Waals surface area contributed by atoms with Crippen LogP contribution in [0.5, 0.6) is 0 Å². The highest BCUT2D eigenvalue weighted by Crippen LogP contribution is 2.27. The maximum atomic E-state index is 12.4. The van der Waals surface area contributed by atoms with Crippen LogP contribution in [0.15, 0.2) is 6.20 Å². The lowest BCUT2D eigenvalue weighted by Gasteiger charge is -2.08. The molecule has 0 aromatic carbocycles. The molecule has 1 aromatic rings. The summed E-state index contributed by atoms with van der Waals surface area (Å²) in [4.78, 5) is 14.0. The summed E-state index contributed by atoms with van der Waals surface area (Å²) >= 11 is 0. The van der Waals surface area contributed by atoms with E-state index < -0.39 is 12.0 Å². The molecule has 1 heterocycles. The third-order valence-electron chi connectivity index (χ3n) is 1.72. The number of aldehydes is 1. The third-order valence-corrected chi connectivity index (χ3v) is 1.72. The van der Waals surface area contributed by atoms with Gasteiger partial charge in [0.1, 0.15) is 5.82 Å². The van der Waals surface area contributed by atoms with Crippen LogP contribution >= 0.6 is 0 Å². The Morgan fingerprint density at radius 2 is 2.23 bits per heavy atom. The minimum absolute atomic E-state index is 0.0671. The molecule has 0 radical (unpaired) electrons. The van der Waals surface area contributed by atoms with Gasteiger partial charge in [-0.15, -0.1) is 0 Å². The number of halogens is 2. The highest BCUT2D eigenvalue weighted by molar-refractivity contribution is 5.81. The predicted molar refractivity (Wildman–Crippen MR) is 43.7 cm³/mol. The average Bonchev–Trinajstić information content (AvgIpc) is 2.07. The van der Waals surface area contributed by atoms with Gasteiger partial charge >= 0.3 is 0 Å². The number of nitrogen functional groups attached to an aromatic ring is 1. The van der Waals surface area contributed by atoms with E-state index >= 15 is 0 Å². The van der Waals surface area contributed by atoms with Crippen molar-refractivity contribution in [2.24, 2.45) is 0 Å². The van der Waals surface area contributed by atoms with Crippen molar-refractivity contribution in [3.05, 3.63) is 22.9 Å². The Kier molecular flexibility index (Phi) is 2.55. The number of alkyl halides is 2. The zero-order chi connectivity index (χ0) is 10.0. The van der Waals surface area contributed by atoms with Crippen LogP contribution in [0.2, 0.25) is 0 Å². The number of pyridine rings is 1. The number of carbonyl (C=O) groups is 1. The van der Waals surface area contributed by atoms with Crippen molar-refractivity contribution < 1.29 is 13.6 Å². The van der Waals surface area contributed by atoms with E-state index in [1.54, 1.807) is 0 Å². The van der Waals surface area contributed by atoms with E-state index in [0.717, 1.165) is 0 Å². The molecule has 70 valence electrons. The molecule has 0 fully saturated rings. The summed E-state index contributed by atoms with van der Waals surface area (Å²) in [6.07, 6.45) is -1.10. The second-order valence-electron chi connectivity index (χ2n) is 2.57. The maximum absolute atomic E-state index is 12.4. The molecule has 0 bridgehead atoms. The molecule has 0 unspecified atom stereocenters. The second kappa shape index (κ2) is 3.47. The molecule has 1 aromatic heterocycles. The molecule has 3 nitrogen and oxygen atoms in total. The van der Waals surface area contributed by atoms with Crippen molar-refractivity contribution in [2.75, 3.05) is 5.73 Å². The first kappa shape index (κ1) is 9.57. The standard InChI is InChI=1S/C8H8F2N2O/c1-4-2-12-8(11)6(7(9)10)5(4)3-13/h2-3,7H,1H3,(H2,11,12). The highest BCUT2D eigenvalue weighted by Gasteiger charge is 2.18. The second-order valence-corrected chi connectivity index (χ2v) is 2.57. The van der Waals surface area contributed by atoms with Crippen molar-refractivity contribution >= 4 is 12.1 Å². The molecule has 0 saturated heterocycles. The van der Waals surface area contributed by atoms with Crippen molar-refractivity contribution in [3.63, 3.8) is 0 Å². The van der Waals surface area contributed by atoms with Gasteiger partial charge in [-0.05, 0) is 12.5 Å². The van der Waals surface area contributed by atoms with Crippen LogP contribution in [0.3, 0.4) is 0 Å². The minimum atomic E-state index is -2.77. The first-order chi connectivity index (χ1) is 6.07. The number of nitrogens with zero attached hydrogens (tertiary/aromatic N) is 1. The molecule has 0 saturated carbocycles. The fourth-order valence-electron chi connectivity index (χ4n) is 1.04. The van der Waals surface area contributed by atoms with Gasteiger partial charge in [0.15, 0.2) is 6.29 Å². The first-order valence-corrected chi connectivity index (χ1v) is 3.56. The molecule has 0 aliphatic heterocycles. The van der Waals surface area contributed by atoms with E-state index in [4.69, 9.17) is 5.73 Å². The largest absolute Gasteiger partial charge is 0.383 e. The van der Waals surface area contributed by atoms with Gasteiger partial charge in [-0.1, -0.05) is 0 Å². The Bertz CT molecular complexity index is 339. The lowest BCUT2D eigenvalue weighted by atomic mass is 10.1. The minimum Gasteiger partial charge on any atom is -0.383 e. The van der Waals surface area contributed by atoms with E-state index in [1.165, 1.54) is 13.1 Å². The number of aromatic nitrogens is 1. The van der Waals surface area contributed by atoms with E-state index in [9.17, 15) is 13.6 Å². The van der Waals surface area contributed by atoms with Crippen LogP contribution in [-0.2, 0) is 0 Å². The van der Waals surface area contributed by atoms with Crippen LogP contribution in [0.25, 0.3) is 0 Å². The maximum Gasteiger partial charge on any atom is 0.268 e. The lowest BCUT2D eigenvalue weighted by molar-refractivity contribution is 0.110. The van der Waals surface area contributed by atoms with Gasteiger partial charge in [0, 0.05) is 11.8 Å². The number of rotatable bonds is 2. The molecule has 0 aliphatic carbocycles. The number of hydrogen-bond acceptors (Lipinski definition) is 3.